The zero-order valence-corrected chi connectivity index (χ0v) is 62.9. The molecule has 5 heterocycles. The van der Waals surface area contributed by atoms with E-state index in [0.717, 1.165) is 91.4 Å². The fraction of sp³-hybridized carbons (Fsp3) is 0. The summed E-state index contributed by atoms with van der Waals surface area (Å²) in [7, 11) is 0. The molecule has 0 bridgehead atoms. The lowest BCUT2D eigenvalue weighted by molar-refractivity contribution is 0.874. The predicted octanol–water partition coefficient (Wildman–Crippen LogP) is 19.1. The van der Waals surface area contributed by atoms with Gasteiger partial charge in [-0.25, -0.2) is 0 Å². The van der Waals surface area contributed by atoms with Gasteiger partial charge in [-0.1, -0.05) is 246 Å². The number of hydrogen-bond donors (Lipinski definition) is 0. The van der Waals surface area contributed by atoms with Crippen molar-refractivity contribution in [2.24, 2.45) is 0 Å². The molecule has 28 heteroatoms. The molecule has 0 saturated heterocycles. The van der Waals surface area contributed by atoms with Crippen molar-refractivity contribution in [2.45, 2.75) is 0 Å². The van der Waals surface area contributed by atoms with Gasteiger partial charge in [-0.2, -0.15) is 0 Å². The van der Waals surface area contributed by atoms with Gasteiger partial charge in [-0.15, -0.1) is 102 Å². The van der Waals surface area contributed by atoms with E-state index in [9.17, 15) is 0 Å². The van der Waals surface area contributed by atoms with Crippen LogP contribution in [0.4, 0.5) is 0 Å². The van der Waals surface area contributed by atoms with Gasteiger partial charge in [-0.05, 0) is 137 Å². The number of aromatic nitrogens is 20. The second kappa shape index (κ2) is 35.3. The Morgan fingerprint density at radius 2 is 0.286 bits per heavy atom. The van der Waals surface area contributed by atoms with Crippen LogP contribution in [-0.2, 0) is 0 Å². The third kappa shape index (κ3) is 18.7. The minimum Gasteiger partial charge on any atom is -0.126 e. The fourth-order valence-electron chi connectivity index (χ4n) is 8.58. The molecule has 0 aliphatic carbocycles. The van der Waals surface area contributed by atoms with Crippen LogP contribution < -0.4 is 0 Å². The van der Waals surface area contributed by atoms with Gasteiger partial charge < -0.3 is 0 Å². The predicted molar refractivity (Wildman–Crippen MR) is 404 cm³/mol. The SMILES string of the molecule is Brc1cccc(Br)c1-c1nnc(-c2ccccc2)nn1.Brc1ccccc1-c1nnc(-c2c(Br)cccc2Br)nn1.Brc1ccccc1-c1nnc(-c2ccccc2)nn1.Brc1ccccc1-c1nnc(-c2ccccc2Br)nn1.c1ccc(-c2nnc(-c3ccccc3)nn2)cc1. The number of hydrogen-bond acceptors (Lipinski definition) is 20. The largest absolute Gasteiger partial charge is 0.205 e. The molecule has 15 aromatic rings. The van der Waals surface area contributed by atoms with Crippen molar-refractivity contribution in [3.05, 3.63) is 291 Å². The Hall–Kier alpha value is -9.26. The van der Waals surface area contributed by atoms with Gasteiger partial charge >= 0.3 is 0 Å². The third-order valence-electron chi connectivity index (χ3n) is 13.4. The lowest BCUT2D eigenvalue weighted by Gasteiger charge is -2.05. The smallest absolute Gasteiger partial charge is 0.126 e. The lowest BCUT2D eigenvalue weighted by atomic mass is 10.2. The molecule has 0 radical (unpaired) electrons. The highest BCUT2D eigenvalue weighted by Gasteiger charge is 2.17. The second-order valence-corrected chi connectivity index (χ2v) is 26.6. The summed E-state index contributed by atoms with van der Waals surface area (Å²) in [6.45, 7) is 0. The van der Waals surface area contributed by atoms with Crippen molar-refractivity contribution in [2.75, 3.05) is 0 Å². The first-order valence-corrected chi connectivity index (χ1v) is 35.3. The van der Waals surface area contributed by atoms with Crippen molar-refractivity contribution in [1.82, 2.24) is 102 Å². The van der Waals surface area contributed by atoms with Crippen LogP contribution in [0.5, 0.6) is 0 Å². The van der Waals surface area contributed by atoms with E-state index in [0.29, 0.717) is 58.2 Å². The Kier molecular flexibility index (Phi) is 25.2. The summed E-state index contributed by atoms with van der Waals surface area (Å²) in [5.41, 5.74) is 8.76. The van der Waals surface area contributed by atoms with Gasteiger partial charge in [0.05, 0.1) is 11.1 Å². The van der Waals surface area contributed by atoms with E-state index in [1.54, 1.807) is 0 Å². The molecule has 0 atom stereocenters. The summed E-state index contributed by atoms with van der Waals surface area (Å²) >= 11 is 27.8. The third-order valence-corrected chi connectivity index (χ3v) is 18.8. The molecule has 0 fully saturated rings. The van der Waals surface area contributed by atoms with Gasteiger partial charge in [0.25, 0.3) is 0 Å². The Morgan fingerprint density at radius 3 is 0.480 bits per heavy atom. The molecule has 20 nitrogen and oxygen atoms in total. The number of halogens is 8. The Morgan fingerprint density at radius 1 is 0.133 bits per heavy atom. The zero-order chi connectivity index (χ0) is 68.0. The molecule has 0 saturated carbocycles. The van der Waals surface area contributed by atoms with Gasteiger partial charge in [0.2, 0.25) is 58.2 Å². The first kappa shape index (κ1) is 70.1. The highest BCUT2D eigenvalue weighted by atomic mass is 79.9. The van der Waals surface area contributed by atoms with Crippen LogP contribution >= 0.6 is 127 Å². The minimum absolute atomic E-state index is 0.463. The van der Waals surface area contributed by atoms with Crippen LogP contribution in [0.3, 0.4) is 0 Å². The summed E-state index contributed by atoms with van der Waals surface area (Å²) < 4.78 is 7.21. The van der Waals surface area contributed by atoms with Crippen LogP contribution in [0, 0.1) is 0 Å². The molecule has 15 rings (SSSR count). The molecule has 0 aliphatic heterocycles. The molecule has 0 spiro atoms. The molecule has 0 amide bonds. The highest BCUT2D eigenvalue weighted by molar-refractivity contribution is 9.12. The average molecular weight is 1800 g/mol. The van der Waals surface area contributed by atoms with Crippen LogP contribution in [0.15, 0.2) is 291 Å². The molecular formula is C70H42Br8N20. The summed E-state index contributed by atoms with van der Waals surface area (Å²) in [6, 6.07) is 81.0. The number of nitrogens with zero attached hydrogens (tertiary/aromatic N) is 20. The van der Waals surface area contributed by atoms with Crippen molar-refractivity contribution in [3.8, 4) is 114 Å². The van der Waals surface area contributed by atoms with Crippen LogP contribution in [-0.4, -0.2) is 102 Å². The van der Waals surface area contributed by atoms with Gasteiger partial charge in [0, 0.05) is 80.3 Å². The van der Waals surface area contributed by atoms with E-state index in [4.69, 9.17) is 0 Å². The molecule has 0 unspecified atom stereocenters. The molecule has 0 N–H and O–H groups in total. The maximum absolute atomic E-state index is 4.18. The lowest BCUT2D eigenvalue weighted by Crippen LogP contribution is -2.00. The zero-order valence-electron chi connectivity index (χ0n) is 50.2. The van der Waals surface area contributed by atoms with Crippen LogP contribution in [0.2, 0.25) is 0 Å². The molecule has 0 aliphatic rings. The molecule has 5 aromatic heterocycles. The topological polar surface area (TPSA) is 258 Å². The average Bonchev–Trinajstić information content (AvgIpc) is 0.997. The standard InChI is InChI=1S/C14H7Br3N4.2C14H8Br2N4.C14H9BrN4.C14H10N4/c15-9-5-2-1-4-8(9)13-18-20-14(21-19-13)12-10(16)6-3-7-11(12)17;15-11-7-3-1-5-9(11)13-17-19-14(20-18-13)10-6-2-4-8-12(10)16;15-10-7-4-8-11(16)12(10)14-19-17-13(18-20-14)9-5-2-1-3-6-9;15-12-9-5-4-8-11(12)14-18-16-13(17-19-14)10-6-2-1-3-7-10;1-3-7-11(8-4-1)13-15-17-14(18-16-13)12-9-5-2-6-10-12/h1-7H;2*1-8H;1-9H;1-10H. The Labute approximate surface area is 627 Å². The quantitative estimate of drug-likeness (QED) is 0.123. The van der Waals surface area contributed by atoms with E-state index >= 15 is 0 Å². The first-order valence-electron chi connectivity index (χ1n) is 28.9. The maximum atomic E-state index is 4.18. The monoisotopic (exact) mass is 1790 g/mol. The normalized spacial score (nSPS) is 10.4. The first-order chi connectivity index (χ1) is 47.9. The van der Waals surface area contributed by atoms with E-state index in [2.05, 4.69) is 229 Å². The Bertz CT molecular complexity index is 4890. The molecule has 98 heavy (non-hydrogen) atoms. The summed E-state index contributed by atoms with van der Waals surface area (Å²) in [4.78, 5) is 0. The van der Waals surface area contributed by atoms with E-state index in [1.807, 2.05) is 255 Å². The van der Waals surface area contributed by atoms with Gasteiger partial charge in [0.1, 0.15) is 0 Å². The van der Waals surface area contributed by atoms with Gasteiger partial charge in [0.15, 0.2) is 0 Å². The number of benzene rings is 10. The van der Waals surface area contributed by atoms with Crippen LogP contribution in [0.25, 0.3) is 114 Å². The summed E-state index contributed by atoms with van der Waals surface area (Å²) in [5, 5.41) is 82.9. The highest BCUT2D eigenvalue weighted by Crippen LogP contribution is 2.35. The van der Waals surface area contributed by atoms with E-state index < -0.39 is 0 Å². The minimum atomic E-state index is 0.463. The van der Waals surface area contributed by atoms with E-state index in [-0.39, 0.29) is 0 Å². The van der Waals surface area contributed by atoms with Crippen molar-refractivity contribution >= 4 is 127 Å². The van der Waals surface area contributed by atoms with Crippen LogP contribution in [0.1, 0.15) is 0 Å². The van der Waals surface area contributed by atoms with Crippen molar-refractivity contribution in [1.29, 1.82) is 0 Å². The fourth-order valence-corrected chi connectivity index (χ4v) is 13.1. The molecular weight excluding hydrogens is 1760 g/mol. The second-order valence-electron chi connectivity index (χ2n) is 19.8. The summed E-state index contributed by atoms with van der Waals surface area (Å²) in [5.74, 6) is 5.02. The van der Waals surface area contributed by atoms with Gasteiger partial charge in [-0.3, -0.25) is 0 Å². The maximum Gasteiger partial charge on any atom is 0.205 e. The van der Waals surface area contributed by atoms with Crippen molar-refractivity contribution < 1.29 is 0 Å². The Balaban J connectivity index is 0.000000124. The van der Waals surface area contributed by atoms with E-state index in [1.165, 1.54) is 0 Å². The summed E-state index contributed by atoms with van der Waals surface area (Å²) in [6.07, 6.45) is 0. The number of rotatable bonds is 10. The van der Waals surface area contributed by atoms with Crippen molar-refractivity contribution in [3.63, 3.8) is 0 Å². The molecule has 478 valence electrons. The molecule has 10 aromatic carbocycles.